The Bertz CT molecular complexity index is 811. The molecular weight excluding hydrogens is 310 g/mol. The average Bonchev–Trinajstić information content (AvgIpc) is 2.79. The summed E-state index contributed by atoms with van der Waals surface area (Å²) in [6, 6.07) is 10.2. The number of fused-ring (bicyclic) bond motifs is 1. The molecule has 0 saturated heterocycles. The Morgan fingerprint density at radius 1 is 1.14 bits per heavy atom. The predicted molar refractivity (Wildman–Crippen MR) is 87.0 cm³/mol. The maximum Gasteiger partial charge on any atom is 0.124 e. The monoisotopic (exact) mass is 322 g/mol. The van der Waals surface area contributed by atoms with Crippen LogP contribution in [0.5, 0.6) is 0 Å². The zero-order chi connectivity index (χ0) is 15.0. The van der Waals surface area contributed by atoms with Gasteiger partial charge in [-0.05, 0) is 35.9 Å². The van der Waals surface area contributed by atoms with Crippen molar-refractivity contribution < 1.29 is 4.39 Å². The largest absolute Gasteiger partial charge is 0.386 e. The molecule has 0 saturated carbocycles. The molecule has 5 heteroatoms. The van der Waals surface area contributed by atoms with Gasteiger partial charge >= 0.3 is 0 Å². The fourth-order valence-electron chi connectivity index (χ4n) is 2.43. The van der Waals surface area contributed by atoms with E-state index < -0.39 is 0 Å². The molecule has 1 heterocycles. The summed E-state index contributed by atoms with van der Waals surface area (Å²) < 4.78 is 15.2. The lowest BCUT2D eigenvalue weighted by Crippen LogP contribution is -1.99. The molecule has 0 aliphatic carbocycles. The number of benzene rings is 2. The van der Waals surface area contributed by atoms with Crippen LogP contribution in [0.4, 0.5) is 10.1 Å². The van der Waals surface area contributed by atoms with E-state index in [4.69, 9.17) is 23.2 Å². The van der Waals surface area contributed by atoms with Crippen molar-refractivity contribution in [2.45, 2.75) is 6.54 Å². The van der Waals surface area contributed by atoms with E-state index >= 15 is 0 Å². The highest BCUT2D eigenvalue weighted by Crippen LogP contribution is 2.30. The van der Waals surface area contributed by atoms with Crippen molar-refractivity contribution in [1.29, 1.82) is 0 Å². The van der Waals surface area contributed by atoms with Gasteiger partial charge in [0.1, 0.15) is 5.82 Å². The second-order valence-corrected chi connectivity index (χ2v) is 5.66. The van der Waals surface area contributed by atoms with Crippen molar-refractivity contribution in [3.05, 3.63) is 64.0 Å². The van der Waals surface area contributed by atoms with Crippen LogP contribution in [-0.4, -0.2) is 11.6 Å². The fraction of sp³-hybridized carbons (Fsp3) is 0.125. The zero-order valence-corrected chi connectivity index (χ0v) is 12.8. The molecule has 1 aromatic heterocycles. The van der Waals surface area contributed by atoms with Crippen LogP contribution in [0.3, 0.4) is 0 Å². The molecule has 108 valence electrons. The third-order valence-corrected chi connectivity index (χ3v) is 4.06. The van der Waals surface area contributed by atoms with Crippen LogP contribution < -0.4 is 5.32 Å². The molecule has 0 radical (unpaired) electrons. The molecule has 0 amide bonds. The second kappa shape index (κ2) is 5.58. The molecular formula is C16H13Cl2FN2. The quantitative estimate of drug-likeness (QED) is 0.703. The molecule has 2 nitrogen and oxygen atoms in total. The molecule has 0 aliphatic heterocycles. The maximum atomic E-state index is 13.1. The molecule has 21 heavy (non-hydrogen) atoms. The van der Waals surface area contributed by atoms with Crippen LogP contribution in [0.1, 0.15) is 5.56 Å². The molecule has 1 N–H and O–H groups in total. The minimum Gasteiger partial charge on any atom is -0.386 e. The summed E-state index contributed by atoms with van der Waals surface area (Å²) in [7, 11) is 1.87. The summed E-state index contributed by atoms with van der Waals surface area (Å²) in [5.74, 6) is -0.330. The van der Waals surface area contributed by atoms with Gasteiger partial charge in [-0.2, -0.15) is 0 Å². The minimum absolute atomic E-state index is 0.330. The Morgan fingerprint density at radius 2 is 1.95 bits per heavy atom. The summed E-state index contributed by atoms with van der Waals surface area (Å²) >= 11 is 12.2. The van der Waals surface area contributed by atoms with Gasteiger partial charge in [0, 0.05) is 35.2 Å². The fourth-order valence-corrected chi connectivity index (χ4v) is 2.83. The first-order chi connectivity index (χ1) is 10.1. The van der Waals surface area contributed by atoms with Gasteiger partial charge in [-0.15, -0.1) is 0 Å². The van der Waals surface area contributed by atoms with Crippen LogP contribution in [0.2, 0.25) is 10.0 Å². The minimum atomic E-state index is -0.330. The summed E-state index contributed by atoms with van der Waals surface area (Å²) in [4.78, 5) is 0. The third kappa shape index (κ3) is 2.71. The SMILES string of the molecule is CNc1cn(Cc2ccc(F)cc2Cl)c2ccc(Cl)cc12. The van der Waals surface area contributed by atoms with Crippen molar-refractivity contribution in [3.63, 3.8) is 0 Å². The van der Waals surface area contributed by atoms with E-state index in [0.29, 0.717) is 16.6 Å². The number of nitrogens with one attached hydrogen (secondary N) is 1. The van der Waals surface area contributed by atoms with Crippen LogP contribution in [-0.2, 0) is 6.54 Å². The zero-order valence-electron chi connectivity index (χ0n) is 11.3. The standard InChI is InChI=1S/C16H13Cl2FN2/c1-20-15-9-21(16-5-3-11(17)6-13(15)16)8-10-2-4-12(19)7-14(10)18/h2-7,9,20H,8H2,1H3. The second-order valence-electron chi connectivity index (χ2n) is 4.82. The van der Waals surface area contributed by atoms with E-state index in [9.17, 15) is 4.39 Å². The van der Waals surface area contributed by atoms with Gasteiger partial charge in [-0.25, -0.2) is 4.39 Å². The molecule has 0 atom stereocenters. The Balaban J connectivity index is 2.08. The van der Waals surface area contributed by atoms with Gasteiger partial charge in [0.05, 0.1) is 11.2 Å². The Morgan fingerprint density at radius 3 is 2.67 bits per heavy atom. The first-order valence-electron chi connectivity index (χ1n) is 6.48. The number of anilines is 1. The van der Waals surface area contributed by atoms with Crippen LogP contribution in [0.25, 0.3) is 10.9 Å². The average molecular weight is 323 g/mol. The lowest BCUT2D eigenvalue weighted by Gasteiger charge is -2.07. The number of hydrogen-bond donors (Lipinski definition) is 1. The highest BCUT2D eigenvalue weighted by molar-refractivity contribution is 6.31. The lowest BCUT2D eigenvalue weighted by molar-refractivity contribution is 0.626. The van der Waals surface area contributed by atoms with E-state index in [-0.39, 0.29) is 5.82 Å². The smallest absolute Gasteiger partial charge is 0.124 e. The van der Waals surface area contributed by atoms with E-state index in [1.165, 1.54) is 12.1 Å². The van der Waals surface area contributed by atoms with Crippen LogP contribution in [0.15, 0.2) is 42.6 Å². The third-order valence-electron chi connectivity index (χ3n) is 3.47. The van der Waals surface area contributed by atoms with Crippen molar-refractivity contribution in [3.8, 4) is 0 Å². The number of halogens is 3. The molecule has 0 spiro atoms. The first kappa shape index (κ1) is 14.2. The first-order valence-corrected chi connectivity index (χ1v) is 7.24. The van der Waals surface area contributed by atoms with Crippen molar-refractivity contribution in [1.82, 2.24) is 4.57 Å². The van der Waals surface area contributed by atoms with Gasteiger partial charge < -0.3 is 9.88 Å². The molecule has 0 bridgehead atoms. The summed E-state index contributed by atoms with van der Waals surface area (Å²) in [6.45, 7) is 0.568. The van der Waals surface area contributed by atoms with Gasteiger partial charge in [0.2, 0.25) is 0 Å². The molecule has 3 aromatic rings. The van der Waals surface area contributed by atoms with Crippen LogP contribution >= 0.6 is 23.2 Å². The van der Waals surface area contributed by atoms with Crippen molar-refractivity contribution in [2.24, 2.45) is 0 Å². The molecule has 0 unspecified atom stereocenters. The summed E-state index contributed by atoms with van der Waals surface area (Å²) in [6.07, 6.45) is 2.00. The highest BCUT2D eigenvalue weighted by Gasteiger charge is 2.10. The summed E-state index contributed by atoms with van der Waals surface area (Å²) in [5, 5.41) is 5.32. The van der Waals surface area contributed by atoms with Gasteiger partial charge in [-0.3, -0.25) is 0 Å². The van der Waals surface area contributed by atoms with E-state index in [0.717, 1.165) is 22.2 Å². The summed E-state index contributed by atoms with van der Waals surface area (Å²) in [5.41, 5.74) is 2.91. The van der Waals surface area contributed by atoms with E-state index in [1.54, 1.807) is 6.07 Å². The Hall–Kier alpha value is -1.71. The van der Waals surface area contributed by atoms with Crippen molar-refractivity contribution in [2.75, 3.05) is 12.4 Å². The van der Waals surface area contributed by atoms with E-state index in [1.807, 2.05) is 31.4 Å². The Labute approximate surface area is 132 Å². The molecule has 0 fully saturated rings. The molecule has 0 aliphatic rings. The number of hydrogen-bond acceptors (Lipinski definition) is 1. The van der Waals surface area contributed by atoms with Crippen LogP contribution in [0, 0.1) is 5.82 Å². The van der Waals surface area contributed by atoms with Gasteiger partial charge in [0.15, 0.2) is 0 Å². The predicted octanol–water partition coefficient (Wildman–Crippen LogP) is 5.18. The topological polar surface area (TPSA) is 17.0 Å². The number of aromatic nitrogens is 1. The van der Waals surface area contributed by atoms with E-state index in [2.05, 4.69) is 9.88 Å². The lowest BCUT2D eigenvalue weighted by atomic mass is 10.2. The van der Waals surface area contributed by atoms with Gasteiger partial charge in [0.25, 0.3) is 0 Å². The highest BCUT2D eigenvalue weighted by atomic mass is 35.5. The Kier molecular flexibility index (Phi) is 3.79. The normalized spacial score (nSPS) is 11.0. The number of rotatable bonds is 3. The van der Waals surface area contributed by atoms with Crippen molar-refractivity contribution >= 4 is 39.8 Å². The molecule has 2 aromatic carbocycles. The maximum absolute atomic E-state index is 13.1. The van der Waals surface area contributed by atoms with Gasteiger partial charge in [-0.1, -0.05) is 29.3 Å². The number of nitrogens with zero attached hydrogens (tertiary/aromatic N) is 1. The molecule has 3 rings (SSSR count).